The van der Waals surface area contributed by atoms with Crippen molar-refractivity contribution >= 4 is 22.4 Å². The van der Waals surface area contributed by atoms with Gasteiger partial charge in [0.15, 0.2) is 5.69 Å². The number of anilines is 1. The van der Waals surface area contributed by atoms with E-state index >= 15 is 0 Å². The number of esters is 1. The largest absolute Gasteiger partial charge is 0.464 e. The lowest BCUT2D eigenvalue weighted by Gasteiger charge is -2.20. The first-order valence-electron chi connectivity index (χ1n) is 11.4. The van der Waals surface area contributed by atoms with Crippen molar-refractivity contribution in [2.45, 2.75) is 45.1 Å². The van der Waals surface area contributed by atoms with Gasteiger partial charge in [0, 0.05) is 30.4 Å². The molecule has 0 saturated heterocycles. The lowest BCUT2D eigenvalue weighted by atomic mass is 9.98. The zero-order chi connectivity index (χ0) is 23.4. The van der Waals surface area contributed by atoms with Crippen LogP contribution in [0.15, 0.2) is 35.1 Å². The second kappa shape index (κ2) is 7.97. The lowest BCUT2D eigenvalue weighted by molar-refractivity contribution is 0.0595. The van der Waals surface area contributed by atoms with E-state index in [1.54, 1.807) is 30.7 Å². The Kier molecular flexibility index (Phi) is 5.22. The predicted octanol–water partition coefficient (Wildman–Crippen LogP) is 4.85. The van der Waals surface area contributed by atoms with E-state index in [4.69, 9.17) is 4.74 Å². The first-order chi connectivity index (χ1) is 15.8. The van der Waals surface area contributed by atoms with Crippen molar-refractivity contribution < 1.29 is 13.9 Å². The van der Waals surface area contributed by atoms with E-state index < -0.39 is 11.8 Å². The summed E-state index contributed by atoms with van der Waals surface area (Å²) >= 11 is 0. The number of pyridine rings is 2. The summed E-state index contributed by atoms with van der Waals surface area (Å²) in [7, 11) is 3.09. The van der Waals surface area contributed by atoms with Crippen LogP contribution in [-0.4, -0.2) is 22.6 Å². The van der Waals surface area contributed by atoms with Crippen LogP contribution in [0.2, 0.25) is 0 Å². The van der Waals surface area contributed by atoms with E-state index in [2.05, 4.69) is 16.4 Å². The van der Waals surface area contributed by atoms with Crippen LogP contribution in [0.4, 0.5) is 10.1 Å². The molecular weight excluding hydrogens is 421 g/mol. The summed E-state index contributed by atoms with van der Waals surface area (Å²) in [6, 6.07) is 8.02. The molecule has 2 saturated carbocycles. The number of hydrogen-bond acceptors (Lipinski definition) is 5. The number of carbonyl (C=O) groups is 1. The van der Waals surface area contributed by atoms with Gasteiger partial charge >= 0.3 is 5.97 Å². The average molecular weight is 450 g/mol. The molecule has 2 aromatic heterocycles. The lowest BCUT2D eigenvalue weighted by Crippen LogP contribution is -2.22. The number of fused-ring (bicyclic) bond motifs is 1. The molecule has 3 atom stereocenters. The molecule has 2 aliphatic rings. The third kappa shape index (κ3) is 3.90. The number of methoxy groups -OCH3 is 1. The van der Waals surface area contributed by atoms with Crippen LogP contribution in [0.3, 0.4) is 0 Å². The van der Waals surface area contributed by atoms with Gasteiger partial charge in [0.05, 0.1) is 18.2 Å². The van der Waals surface area contributed by atoms with Crippen molar-refractivity contribution in [2.75, 3.05) is 12.4 Å². The number of nitrogens with zero attached hydrogens (tertiary/aromatic N) is 2. The second-order valence-electron chi connectivity index (χ2n) is 9.44. The van der Waals surface area contributed by atoms with Crippen LogP contribution < -0.4 is 10.9 Å². The molecule has 0 spiro atoms. The molecule has 33 heavy (non-hydrogen) atoms. The van der Waals surface area contributed by atoms with Crippen LogP contribution >= 0.6 is 0 Å². The molecule has 0 aliphatic heterocycles. The molecule has 1 aromatic carbocycles. The van der Waals surface area contributed by atoms with Gasteiger partial charge in [0.2, 0.25) is 0 Å². The van der Waals surface area contributed by atoms with Gasteiger partial charge in [-0.1, -0.05) is 0 Å². The topological polar surface area (TPSA) is 73.2 Å². The molecule has 1 N–H and O–H groups in total. The number of aromatic nitrogens is 2. The van der Waals surface area contributed by atoms with Gasteiger partial charge in [-0.2, -0.15) is 0 Å². The van der Waals surface area contributed by atoms with E-state index in [1.165, 1.54) is 32.1 Å². The van der Waals surface area contributed by atoms with Gasteiger partial charge < -0.3 is 14.6 Å². The Morgan fingerprint density at radius 3 is 2.70 bits per heavy atom. The zero-order valence-electron chi connectivity index (χ0n) is 19.3. The standard InChI is InChI=1S/C26H28FN3O3/c1-13-5-8-22(24(28-13)26(32)33-4)29-14(2)17-9-16(27)10-21-19(17)12-23(30(3)25(21)31)20-11-18(20)15-6-7-15/h5,8-10,12,14-15,18,20,29H,6-7,11H2,1-4H3/t14-,18?,20?/m1/s1. The van der Waals surface area contributed by atoms with Crippen molar-refractivity contribution in [3.8, 4) is 0 Å². The summed E-state index contributed by atoms with van der Waals surface area (Å²) in [6.07, 6.45) is 3.69. The highest BCUT2D eigenvalue weighted by molar-refractivity contribution is 5.94. The van der Waals surface area contributed by atoms with Crippen LogP contribution in [0.25, 0.3) is 10.8 Å². The van der Waals surface area contributed by atoms with Crippen molar-refractivity contribution in [3.05, 3.63) is 69.1 Å². The normalized spacial score (nSPS) is 20.5. The minimum absolute atomic E-state index is 0.173. The highest BCUT2D eigenvalue weighted by Gasteiger charge is 2.49. The van der Waals surface area contributed by atoms with Crippen molar-refractivity contribution in [2.24, 2.45) is 18.9 Å². The maximum absolute atomic E-state index is 14.6. The van der Waals surface area contributed by atoms with Crippen LogP contribution in [0, 0.1) is 24.6 Å². The summed E-state index contributed by atoms with van der Waals surface area (Å²) < 4.78 is 21.2. The third-order valence-electron chi connectivity index (χ3n) is 7.09. The van der Waals surface area contributed by atoms with Gasteiger partial charge in [-0.3, -0.25) is 4.79 Å². The van der Waals surface area contributed by atoms with Gasteiger partial charge in [-0.15, -0.1) is 0 Å². The van der Waals surface area contributed by atoms with Crippen molar-refractivity contribution in [3.63, 3.8) is 0 Å². The van der Waals surface area contributed by atoms with E-state index in [1.807, 2.05) is 6.92 Å². The van der Waals surface area contributed by atoms with E-state index in [0.29, 0.717) is 34.2 Å². The average Bonchev–Trinajstić information content (AvgIpc) is 3.69. The molecule has 2 heterocycles. The maximum atomic E-state index is 14.6. The van der Waals surface area contributed by atoms with E-state index in [0.717, 1.165) is 23.4 Å². The number of nitrogens with one attached hydrogen (secondary N) is 1. The molecule has 2 aliphatic carbocycles. The molecule has 7 heteroatoms. The van der Waals surface area contributed by atoms with E-state index in [9.17, 15) is 14.0 Å². The molecule has 2 fully saturated rings. The summed E-state index contributed by atoms with van der Waals surface area (Å²) in [4.78, 5) is 29.7. The zero-order valence-corrected chi connectivity index (χ0v) is 19.3. The molecule has 0 bridgehead atoms. The Hall–Kier alpha value is -3.22. The minimum Gasteiger partial charge on any atom is -0.464 e. The number of benzene rings is 1. The monoisotopic (exact) mass is 449 g/mol. The highest BCUT2D eigenvalue weighted by Crippen LogP contribution is 2.59. The number of ether oxygens (including phenoxy) is 1. The molecule has 5 rings (SSSR count). The van der Waals surface area contributed by atoms with Crippen molar-refractivity contribution in [1.82, 2.24) is 9.55 Å². The van der Waals surface area contributed by atoms with Gasteiger partial charge in [0.25, 0.3) is 5.56 Å². The smallest absolute Gasteiger partial charge is 0.358 e. The molecule has 0 amide bonds. The summed E-state index contributed by atoms with van der Waals surface area (Å²) in [5, 5.41) is 4.40. The number of halogens is 1. The SMILES string of the molecule is COC(=O)c1nc(C)ccc1N[C@H](C)c1cc(F)cc2c(=O)n(C)c(C3CC3C3CC3)cc12. The Labute approximate surface area is 191 Å². The van der Waals surface area contributed by atoms with Crippen molar-refractivity contribution in [1.29, 1.82) is 0 Å². The molecule has 3 aromatic rings. The Morgan fingerprint density at radius 1 is 1.24 bits per heavy atom. The highest BCUT2D eigenvalue weighted by atomic mass is 19.1. The molecule has 6 nitrogen and oxygen atoms in total. The number of carbonyl (C=O) groups excluding carboxylic acids is 1. The van der Waals surface area contributed by atoms with Crippen LogP contribution in [0.1, 0.15) is 65.6 Å². The van der Waals surface area contributed by atoms with Crippen LogP contribution in [0.5, 0.6) is 0 Å². The van der Waals surface area contributed by atoms with E-state index in [-0.39, 0.29) is 17.3 Å². The summed E-state index contributed by atoms with van der Waals surface area (Å²) in [6.45, 7) is 3.68. The fraction of sp³-hybridized carbons (Fsp3) is 0.423. The second-order valence-corrected chi connectivity index (χ2v) is 9.44. The predicted molar refractivity (Wildman–Crippen MR) is 125 cm³/mol. The van der Waals surface area contributed by atoms with Gasteiger partial charge in [-0.05, 0) is 86.2 Å². The minimum atomic E-state index is -0.548. The Morgan fingerprint density at radius 2 is 2.00 bits per heavy atom. The Balaban J connectivity index is 1.57. The molecule has 0 radical (unpaired) electrons. The third-order valence-corrected chi connectivity index (χ3v) is 7.09. The first-order valence-corrected chi connectivity index (χ1v) is 11.4. The fourth-order valence-electron chi connectivity index (χ4n) is 5.07. The quantitative estimate of drug-likeness (QED) is 0.545. The molecule has 2 unspecified atom stereocenters. The summed E-state index contributed by atoms with van der Waals surface area (Å²) in [5.74, 6) is 0.837. The molecular formula is C26H28FN3O3. The number of rotatable bonds is 6. The summed E-state index contributed by atoms with van der Waals surface area (Å²) in [5.41, 5.74) is 2.88. The number of hydrogen-bond donors (Lipinski definition) is 1. The molecule has 172 valence electrons. The fourth-order valence-corrected chi connectivity index (χ4v) is 5.07. The number of aryl methyl sites for hydroxylation is 1. The Bertz CT molecular complexity index is 1330. The van der Waals surface area contributed by atoms with Crippen LogP contribution in [-0.2, 0) is 11.8 Å². The van der Waals surface area contributed by atoms with Gasteiger partial charge in [-0.25, -0.2) is 14.2 Å². The maximum Gasteiger partial charge on any atom is 0.358 e. The first kappa shape index (κ1) is 21.6. The van der Waals surface area contributed by atoms with Gasteiger partial charge in [0.1, 0.15) is 5.82 Å².